The number of likely N-dealkylation sites (tertiary alicyclic amines) is 1. The lowest BCUT2D eigenvalue weighted by atomic mass is 10.00. The summed E-state index contributed by atoms with van der Waals surface area (Å²) in [6.07, 6.45) is 3.67. The van der Waals surface area contributed by atoms with Gasteiger partial charge < -0.3 is 10.1 Å². The summed E-state index contributed by atoms with van der Waals surface area (Å²) >= 11 is 0. The molecule has 1 aromatic heterocycles. The Hall–Kier alpha value is -3.88. The van der Waals surface area contributed by atoms with Crippen LogP contribution in [0.25, 0.3) is 10.8 Å². The van der Waals surface area contributed by atoms with E-state index < -0.39 is 36.1 Å². The number of benzene rings is 2. The second-order valence-corrected chi connectivity index (χ2v) is 11.4. The zero-order chi connectivity index (χ0) is 27.9. The lowest BCUT2D eigenvalue weighted by Gasteiger charge is -2.24. The number of ketones is 1. The second kappa shape index (κ2) is 10.0. The second-order valence-electron chi connectivity index (χ2n) is 11.4. The summed E-state index contributed by atoms with van der Waals surface area (Å²) in [4.78, 5) is 43.2. The summed E-state index contributed by atoms with van der Waals surface area (Å²) < 4.78 is 34.5. The lowest BCUT2D eigenvalue weighted by Crippen LogP contribution is -2.46. The Morgan fingerprint density at radius 1 is 1.10 bits per heavy atom. The first-order valence-electron chi connectivity index (χ1n) is 13.0. The fourth-order valence-electron chi connectivity index (χ4n) is 5.05. The monoisotopic (exact) mass is 535 g/mol. The first kappa shape index (κ1) is 26.7. The summed E-state index contributed by atoms with van der Waals surface area (Å²) in [5.41, 5.74) is 1.19. The highest BCUT2D eigenvalue weighted by atomic mass is 19.3. The summed E-state index contributed by atoms with van der Waals surface area (Å²) in [5.74, 6) is -3.96. The summed E-state index contributed by atoms with van der Waals surface area (Å²) in [7, 11) is 0. The van der Waals surface area contributed by atoms with Crippen molar-refractivity contribution in [2.75, 3.05) is 13.1 Å². The van der Waals surface area contributed by atoms with Gasteiger partial charge in [-0.25, -0.2) is 13.6 Å². The molecule has 2 fully saturated rings. The number of rotatable bonds is 6. The number of nitrogens with one attached hydrogen (secondary N) is 1. The molecule has 1 saturated carbocycles. The van der Waals surface area contributed by atoms with Crippen molar-refractivity contribution < 1.29 is 27.9 Å². The van der Waals surface area contributed by atoms with E-state index in [9.17, 15) is 23.2 Å². The molecule has 1 N–H and O–H groups in total. The number of nitrogens with zero attached hydrogens (tertiary/aromatic N) is 2. The summed E-state index contributed by atoms with van der Waals surface area (Å²) in [6, 6.07) is 13.0. The molecule has 0 bridgehead atoms. The third-order valence-corrected chi connectivity index (χ3v) is 7.14. The predicted octanol–water partition coefficient (Wildman–Crippen LogP) is 5.13. The topological polar surface area (TPSA) is 88.6 Å². The van der Waals surface area contributed by atoms with Crippen LogP contribution in [0.1, 0.15) is 54.6 Å². The zero-order valence-electron chi connectivity index (χ0n) is 22.1. The Morgan fingerprint density at radius 2 is 1.90 bits per heavy atom. The van der Waals surface area contributed by atoms with E-state index >= 15 is 0 Å². The highest BCUT2D eigenvalue weighted by molar-refractivity contribution is 5.95. The van der Waals surface area contributed by atoms with E-state index in [2.05, 4.69) is 10.3 Å². The zero-order valence-corrected chi connectivity index (χ0v) is 22.1. The van der Waals surface area contributed by atoms with Gasteiger partial charge in [0, 0.05) is 35.7 Å². The van der Waals surface area contributed by atoms with E-state index in [0.29, 0.717) is 12.8 Å². The molecule has 0 spiro atoms. The highest BCUT2D eigenvalue weighted by Gasteiger charge is 2.51. The number of alkyl halides is 2. The molecule has 1 saturated heterocycles. The Labute approximate surface area is 225 Å². The van der Waals surface area contributed by atoms with Crippen LogP contribution in [0.2, 0.25) is 0 Å². The highest BCUT2D eigenvalue weighted by Crippen LogP contribution is 2.48. The van der Waals surface area contributed by atoms with Crippen molar-refractivity contribution in [1.82, 2.24) is 15.2 Å². The molecule has 204 valence electrons. The number of amides is 2. The van der Waals surface area contributed by atoms with Gasteiger partial charge in [-0.1, -0.05) is 30.3 Å². The number of Topliss-reactive ketones (excluding diaryl/α,β-unsaturated/α-hetero) is 1. The number of ether oxygens (including phenoxy) is 1. The van der Waals surface area contributed by atoms with Crippen LogP contribution in [-0.2, 0) is 16.0 Å². The molecule has 1 unspecified atom stereocenters. The predicted molar refractivity (Wildman–Crippen MR) is 142 cm³/mol. The van der Waals surface area contributed by atoms with Crippen molar-refractivity contribution in [3.8, 4) is 0 Å². The Kier molecular flexibility index (Phi) is 6.86. The minimum Gasteiger partial charge on any atom is -0.444 e. The number of aromatic nitrogens is 1. The van der Waals surface area contributed by atoms with Gasteiger partial charge in [-0.05, 0) is 67.8 Å². The minimum atomic E-state index is -3.29. The molecule has 2 aromatic carbocycles. The standard InChI is InChI=1S/C30H31F2N3O4/c1-29(2,3)39-28(38)35-16-26(30(31,32)17-35)34-27(37)21-6-4-5-20(13-21)23-14-24(23)25(36)12-18-7-8-22-15-33-10-9-19(22)11-18/h4-11,13,15,23-24,26H,12,14,16-17H2,1-3H3,(H,34,37)/t23-,24+,26?/m0/s1. The molecule has 2 heterocycles. The lowest BCUT2D eigenvalue weighted by molar-refractivity contribution is -0.119. The number of carbonyl (C=O) groups is 3. The molecule has 2 amide bonds. The van der Waals surface area contributed by atoms with Crippen molar-refractivity contribution in [3.63, 3.8) is 0 Å². The third kappa shape index (κ3) is 6.08. The molecular weight excluding hydrogens is 504 g/mol. The van der Waals surface area contributed by atoms with Gasteiger partial charge in [0.25, 0.3) is 11.8 Å². The van der Waals surface area contributed by atoms with Crippen LogP contribution in [0.5, 0.6) is 0 Å². The van der Waals surface area contributed by atoms with Gasteiger partial charge in [0.1, 0.15) is 17.4 Å². The molecule has 9 heteroatoms. The van der Waals surface area contributed by atoms with Crippen LogP contribution in [-0.4, -0.2) is 58.3 Å². The van der Waals surface area contributed by atoms with Gasteiger partial charge in [-0.15, -0.1) is 0 Å². The largest absolute Gasteiger partial charge is 0.444 e. The van der Waals surface area contributed by atoms with Gasteiger partial charge in [0.2, 0.25) is 0 Å². The van der Waals surface area contributed by atoms with Gasteiger partial charge >= 0.3 is 6.09 Å². The molecular formula is C30H31F2N3O4. The Balaban J connectivity index is 1.20. The number of pyridine rings is 1. The van der Waals surface area contributed by atoms with Crippen molar-refractivity contribution in [3.05, 3.63) is 77.6 Å². The molecule has 0 radical (unpaired) electrons. The SMILES string of the molecule is CC(C)(C)OC(=O)N1CC(NC(=O)c2cccc([C@@H]3C[C@H]3C(=O)Cc3ccc4cnccc4c3)c2)C(F)(F)C1. The maximum absolute atomic E-state index is 14.6. The molecule has 39 heavy (non-hydrogen) atoms. The molecule has 5 rings (SSSR count). The number of halogens is 2. The van der Waals surface area contributed by atoms with Gasteiger partial charge in [-0.2, -0.15) is 0 Å². The van der Waals surface area contributed by atoms with Crippen LogP contribution in [0, 0.1) is 5.92 Å². The van der Waals surface area contributed by atoms with Crippen LogP contribution in [0.3, 0.4) is 0 Å². The molecule has 7 nitrogen and oxygen atoms in total. The van der Waals surface area contributed by atoms with E-state index in [4.69, 9.17) is 4.74 Å². The maximum atomic E-state index is 14.6. The van der Waals surface area contributed by atoms with Gasteiger partial charge in [0.15, 0.2) is 0 Å². The maximum Gasteiger partial charge on any atom is 0.410 e. The van der Waals surface area contributed by atoms with Crippen molar-refractivity contribution >= 4 is 28.6 Å². The van der Waals surface area contributed by atoms with E-state index in [1.165, 1.54) is 0 Å². The average molecular weight is 536 g/mol. The van der Waals surface area contributed by atoms with E-state index in [0.717, 1.165) is 26.8 Å². The molecule has 3 aromatic rings. The quantitative estimate of drug-likeness (QED) is 0.473. The molecule has 1 aliphatic carbocycles. The molecule has 2 aliphatic rings. The summed E-state index contributed by atoms with van der Waals surface area (Å²) in [5, 5.41) is 4.44. The van der Waals surface area contributed by atoms with Crippen molar-refractivity contribution in [1.29, 1.82) is 0 Å². The van der Waals surface area contributed by atoms with E-state index in [1.807, 2.05) is 30.3 Å². The first-order valence-corrected chi connectivity index (χ1v) is 13.0. The normalized spacial score (nSPS) is 22.0. The van der Waals surface area contributed by atoms with Crippen LogP contribution in [0.4, 0.5) is 13.6 Å². The van der Waals surface area contributed by atoms with Gasteiger partial charge in [0.05, 0.1) is 13.1 Å². The van der Waals surface area contributed by atoms with Crippen LogP contribution >= 0.6 is 0 Å². The minimum absolute atomic E-state index is 0.00881. The number of hydrogen-bond donors (Lipinski definition) is 1. The molecule has 3 atom stereocenters. The third-order valence-electron chi connectivity index (χ3n) is 7.14. The number of fused-ring (bicyclic) bond motifs is 1. The number of carbonyl (C=O) groups excluding carboxylic acids is 3. The first-order chi connectivity index (χ1) is 18.4. The summed E-state index contributed by atoms with van der Waals surface area (Å²) in [6.45, 7) is 3.80. The van der Waals surface area contributed by atoms with E-state index in [-0.39, 0.29) is 29.7 Å². The van der Waals surface area contributed by atoms with Crippen molar-refractivity contribution in [2.45, 2.75) is 57.1 Å². The molecule has 1 aliphatic heterocycles. The van der Waals surface area contributed by atoms with Crippen LogP contribution in [0.15, 0.2) is 60.9 Å². The Bertz CT molecular complexity index is 1430. The van der Waals surface area contributed by atoms with Gasteiger partial charge in [-0.3, -0.25) is 19.5 Å². The van der Waals surface area contributed by atoms with E-state index in [1.54, 1.807) is 51.4 Å². The van der Waals surface area contributed by atoms with Crippen molar-refractivity contribution in [2.24, 2.45) is 5.92 Å². The fraction of sp³-hybridized carbons (Fsp3) is 0.400. The average Bonchev–Trinajstić information content (AvgIpc) is 3.62. The smallest absolute Gasteiger partial charge is 0.410 e. The Morgan fingerprint density at radius 3 is 2.67 bits per heavy atom. The fourth-order valence-corrected chi connectivity index (χ4v) is 5.05. The number of hydrogen-bond acceptors (Lipinski definition) is 5. The van der Waals surface area contributed by atoms with Crippen LogP contribution < -0.4 is 5.32 Å².